The fraction of sp³-hybridized carbons (Fsp3) is 0.200. The summed E-state index contributed by atoms with van der Waals surface area (Å²) in [6, 6.07) is 2.01. The maximum absolute atomic E-state index is 11.6. The SMILES string of the molecule is O=C1CC=NC2=C1NCc1sccc1N2. The maximum Gasteiger partial charge on any atom is 0.187 e. The highest BCUT2D eigenvalue weighted by Gasteiger charge is 2.22. The molecule has 0 bridgehead atoms. The number of anilines is 1. The Morgan fingerprint density at radius 1 is 1.47 bits per heavy atom. The molecule has 76 valence electrons. The lowest BCUT2D eigenvalue weighted by Crippen LogP contribution is -2.24. The molecule has 15 heavy (non-hydrogen) atoms. The highest BCUT2D eigenvalue weighted by Crippen LogP contribution is 2.28. The summed E-state index contributed by atoms with van der Waals surface area (Å²) in [5.41, 5.74) is 1.66. The molecule has 2 aliphatic rings. The lowest BCUT2D eigenvalue weighted by atomic mass is 10.2. The lowest BCUT2D eigenvalue weighted by Gasteiger charge is -2.12. The molecule has 0 amide bonds. The van der Waals surface area contributed by atoms with Gasteiger partial charge in [0.1, 0.15) is 5.70 Å². The largest absolute Gasteiger partial charge is 0.374 e. The van der Waals surface area contributed by atoms with Crippen LogP contribution in [0.3, 0.4) is 0 Å². The fourth-order valence-electron chi connectivity index (χ4n) is 1.68. The van der Waals surface area contributed by atoms with Gasteiger partial charge >= 0.3 is 0 Å². The van der Waals surface area contributed by atoms with Crippen LogP contribution in [0.5, 0.6) is 0 Å². The molecule has 3 rings (SSSR count). The van der Waals surface area contributed by atoms with Gasteiger partial charge in [0.2, 0.25) is 0 Å². The predicted molar refractivity (Wildman–Crippen MR) is 59.9 cm³/mol. The summed E-state index contributed by atoms with van der Waals surface area (Å²) in [6.45, 7) is 0.695. The van der Waals surface area contributed by atoms with Crippen LogP contribution in [0.25, 0.3) is 0 Å². The summed E-state index contributed by atoms with van der Waals surface area (Å²) >= 11 is 1.67. The average Bonchev–Trinajstić information content (AvgIpc) is 2.58. The van der Waals surface area contributed by atoms with E-state index in [-0.39, 0.29) is 5.78 Å². The van der Waals surface area contributed by atoms with Crippen LogP contribution < -0.4 is 10.6 Å². The standard InChI is InChI=1S/C10H9N3OS/c14-7-1-3-11-10-9(7)12-5-8-6(13-10)2-4-15-8/h2-4,12-13H,1,5H2. The number of nitrogens with one attached hydrogen (secondary N) is 2. The molecule has 0 saturated carbocycles. The first-order valence-corrected chi connectivity index (χ1v) is 5.60. The van der Waals surface area contributed by atoms with Crippen LogP contribution in [0.1, 0.15) is 11.3 Å². The van der Waals surface area contributed by atoms with Gasteiger partial charge in [0.15, 0.2) is 11.6 Å². The number of ketones is 1. The zero-order valence-corrected chi connectivity index (χ0v) is 8.73. The number of Topliss-reactive ketones (excluding diaryl/α,β-unsaturated/α-hetero) is 1. The fourth-order valence-corrected chi connectivity index (χ4v) is 2.45. The minimum absolute atomic E-state index is 0.0997. The van der Waals surface area contributed by atoms with Crippen LogP contribution >= 0.6 is 11.3 Å². The molecule has 0 radical (unpaired) electrons. The Morgan fingerprint density at radius 3 is 3.33 bits per heavy atom. The maximum atomic E-state index is 11.6. The third-order valence-corrected chi connectivity index (χ3v) is 3.36. The number of thiophene rings is 1. The molecule has 0 aromatic carbocycles. The summed E-state index contributed by atoms with van der Waals surface area (Å²) in [6.07, 6.45) is 2.04. The Balaban J connectivity index is 2.04. The number of rotatable bonds is 0. The van der Waals surface area contributed by atoms with Gasteiger partial charge in [-0.25, -0.2) is 4.99 Å². The van der Waals surface area contributed by atoms with Gasteiger partial charge in [-0.1, -0.05) is 0 Å². The third-order valence-electron chi connectivity index (χ3n) is 2.44. The number of carbonyl (C=O) groups is 1. The molecular weight excluding hydrogens is 210 g/mol. The Morgan fingerprint density at radius 2 is 2.40 bits per heavy atom. The van der Waals surface area contributed by atoms with Crippen LogP contribution in [0, 0.1) is 0 Å². The van der Waals surface area contributed by atoms with E-state index in [1.165, 1.54) is 4.88 Å². The molecule has 2 aliphatic heterocycles. The predicted octanol–water partition coefficient (Wildman–Crippen LogP) is 1.48. The van der Waals surface area contributed by atoms with E-state index in [0.717, 1.165) is 5.69 Å². The van der Waals surface area contributed by atoms with E-state index in [4.69, 9.17) is 0 Å². The topological polar surface area (TPSA) is 53.5 Å². The van der Waals surface area contributed by atoms with Crippen molar-refractivity contribution in [1.29, 1.82) is 0 Å². The molecule has 4 nitrogen and oxygen atoms in total. The Bertz CT molecular complexity index is 487. The smallest absolute Gasteiger partial charge is 0.187 e. The van der Waals surface area contributed by atoms with Gasteiger partial charge in [-0.15, -0.1) is 11.3 Å². The van der Waals surface area contributed by atoms with E-state index in [2.05, 4.69) is 15.6 Å². The van der Waals surface area contributed by atoms with E-state index in [1.807, 2.05) is 11.4 Å². The number of aliphatic imine (C=N–C) groups is 1. The lowest BCUT2D eigenvalue weighted by molar-refractivity contribution is -0.114. The zero-order chi connectivity index (χ0) is 10.3. The van der Waals surface area contributed by atoms with Gasteiger partial charge in [-0.2, -0.15) is 0 Å². The summed E-state index contributed by atoms with van der Waals surface area (Å²) in [4.78, 5) is 17.0. The van der Waals surface area contributed by atoms with Crippen molar-refractivity contribution in [2.45, 2.75) is 13.0 Å². The number of nitrogens with zero attached hydrogens (tertiary/aromatic N) is 1. The van der Waals surface area contributed by atoms with Gasteiger partial charge in [0, 0.05) is 17.5 Å². The molecule has 3 heterocycles. The molecule has 0 atom stereocenters. The molecular formula is C10H9N3OS. The molecule has 1 aromatic rings. The van der Waals surface area contributed by atoms with Crippen molar-refractivity contribution in [3.63, 3.8) is 0 Å². The summed E-state index contributed by atoms with van der Waals surface area (Å²) in [5, 5.41) is 8.35. The van der Waals surface area contributed by atoms with Crippen LogP contribution in [-0.4, -0.2) is 12.0 Å². The van der Waals surface area contributed by atoms with Gasteiger partial charge in [-0.05, 0) is 11.4 Å². The van der Waals surface area contributed by atoms with E-state index >= 15 is 0 Å². The minimum atomic E-state index is 0.0997. The second-order valence-electron chi connectivity index (χ2n) is 3.40. The first kappa shape index (κ1) is 8.67. The average molecular weight is 219 g/mol. The van der Waals surface area contributed by atoms with E-state index < -0.39 is 0 Å². The van der Waals surface area contributed by atoms with Crippen molar-refractivity contribution < 1.29 is 4.79 Å². The summed E-state index contributed by atoms with van der Waals surface area (Å²) < 4.78 is 0. The normalized spacial score (nSPS) is 18.8. The van der Waals surface area contributed by atoms with Crippen molar-refractivity contribution in [3.05, 3.63) is 27.8 Å². The van der Waals surface area contributed by atoms with Gasteiger partial charge in [-0.3, -0.25) is 4.79 Å². The van der Waals surface area contributed by atoms with Gasteiger partial charge < -0.3 is 10.6 Å². The Hall–Kier alpha value is -1.62. The van der Waals surface area contributed by atoms with Crippen LogP contribution in [-0.2, 0) is 11.3 Å². The molecule has 0 spiro atoms. The van der Waals surface area contributed by atoms with Crippen molar-refractivity contribution in [1.82, 2.24) is 5.32 Å². The minimum Gasteiger partial charge on any atom is -0.374 e. The summed E-state index contributed by atoms with van der Waals surface area (Å²) in [7, 11) is 0. The highest BCUT2D eigenvalue weighted by molar-refractivity contribution is 7.10. The van der Waals surface area contributed by atoms with E-state index in [9.17, 15) is 4.79 Å². The Labute approximate surface area is 90.7 Å². The van der Waals surface area contributed by atoms with E-state index in [1.54, 1.807) is 17.6 Å². The second kappa shape index (κ2) is 3.20. The molecule has 0 unspecified atom stereocenters. The van der Waals surface area contributed by atoms with Gasteiger partial charge in [0.25, 0.3) is 0 Å². The number of hydrogen-bond acceptors (Lipinski definition) is 5. The van der Waals surface area contributed by atoms with Crippen LogP contribution in [0.4, 0.5) is 5.69 Å². The molecule has 0 saturated heterocycles. The highest BCUT2D eigenvalue weighted by atomic mass is 32.1. The number of carbonyl (C=O) groups excluding carboxylic acids is 1. The van der Waals surface area contributed by atoms with Crippen molar-refractivity contribution in [3.8, 4) is 0 Å². The monoisotopic (exact) mass is 219 g/mol. The summed E-state index contributed by atoms with van der Waals surface area (Å²) in [5.74, 6) is 0.742. The first-order chi connectivity index (χ1) is 7.34. The van der Waals surface area contributed by atoms with Crippen molar-refractivity contribution in [2.24, 2.45) is 4.99 Å². The van der Waals surface area contributed by atoms with Crippen molar-refractivity contribution >= 4 is 29.0 Å². The number of allylic oxidation sites excluding steroid dienone is 1. The van der Waals surface area contributed by atoms with Crippen LogP contribution in [0.15, 0.2) is 28.0 Å². The third kappa shape index (κ3) is 1.35. The molecule has 5 heteroatoms. The molecule has 1 aromatic heterocycles. The second-order valence-corrected chi connectivity index (χ2v) is 4.40. The number of hydrogen-bond donors (Lipinski definition) is 2. The van der Waals surface area contributed by atoms with Gasteiger partial charge in [0.05, 0.1) is 12.2 Å². The molecule has 2 N–H and O–H groups in total. The molecule has 0 fully saturated rings. The van der Waals surface area contributed by atoms with Crippen molar-refractivity contribution in [2.75, 3.05) is 5.32 Å². The Kier molecular flexibility index (Phi) is 1.85. The zero-order valence-electron chi connectivity index (χ0n) is 7.91. The quantitative estimate of drug-likeness (QED) is 0.695. The van der Waals surface area contributed by atoms with E-state index in [0.29, 0.717) is 24.5 Å². The number of fused-ring (bicyclic) bond motifs is 1. The first-order valence-electron chi connectivity index (χ1n) is 4.72. The van der Waals surface area contributed by atoms with Crippen LogP contribution in [0.2, 0.25) is 0 Å². The molecule has 0 aliphatic carbocycles.